The smallest absolute Gasteiger partial charge is 0.253 e. The number of aryl methyl sites for hydroxylation is 1. The number of nitrogens with one attached hydrogen (secondary N) is 1. The van der Waals surface area contributed by atoms with E-state index < -0.39 is 15.6 Å². The van der Waals surface area contributed by atoms with E-state index in [0.29, 0.717) is 23.7 Å². The molecule has 0 bridgehead atoms. The fraction of sp³-hybridized carbons (Fsp3) is 0.625. The molecule has 1 saturated heterocycles. The Bertz CT molecular complexity index is 829. The fourth-order valence-electron chi connectivity index (χ4n) is 4.34. The molecule has 3 atom stereocenters. The van der Waals surface area contributed by atoms with Gasteiger partial charge >= 0.3 is 0 Å². The van der Waals surface area contributed by atoms with Gasteiger partial charge in [0.15, 0.2) is 0 Å². The molecule has 1 saturated carbocycles. The number of rotatable bonds is 3. The predicted octanol–water partition coefficient (Wildman–Crippen LogP) is 1.76. The second-order valence-corrected chi connectivity index (χ2v) is 9.96. The van der Waals surface area contributed by atoms with Gasteiger partial charge in [-0.3, -0.25) is 9.79 Å². The first-order valence-electron chi connectivity index (χ1n) is 8.33. The third-order valence-electron chi connectivity index (χ3n) is 5.63. The average molecular weight is 367 g/mol. The number of carbonyl (C=O) groups excluding carboxylic acids is 1. The van der Waals surface area contributed by atoms with E-state index in [0.717, 1.165) is 24.2 Å². The molecule has 3 heterocycles. The summed E-state index contributed by atoms with van der Waals surface area (Å²) in [5, 5.41) is 4.69. The molecule has 24 heavy (non-hydrogen) atoms. The third kappa shape index (κ3) is 2.12. The largest absolute Gasteiger partial charge is 0.312 e. The van der Waals surface area contributed by atoms with Crippen LogP contribution in [-0.4, -0.2) is 43.1 Å². The van der Waals surface area contributed by atoms with E-state index in [4.69, 9.17) is 4.99 Å². The van der Waals surface area contributed by atoms with Crippen molar-refractivity contribution >= 4 is 33.1 Å². The highest BCUT2D eigenvalue weighted by Crippen LogP contribution is 2.50. The maximum Gasteiger partial charge on any atom is 0.253 e. The van der Waals surface area contributed by atoms with Gasteiger partial charge in [0, 0.05) is 25.4 Å². The van der Waals surface area contributed by atoms with Crippen LogP contribution in [0.5, 0.6) is 0 Å². The van der Waals surface area contributed by atoms with Crippen molar-refractivity contribution in [3.05, 3.63) is 17.0 Å². The summed E-state index contributed by atoms with van der Waals surface area (Å²) in [4.78, 5) is 17.3. The van der Waals surface area contributed by atoms with E-state index in [1.807, 2.05) is 25.3 Å². The summed E-state index contributed by atoms with van der Waals surface area (Å²) in [6, 6.07) is 1.83. The van der Waals surface area contributed by atoms with Crippen molar-refractivity contribution in [3.8, 4) is 0 Å². The van der Waals surface area contributed by atoms with E-state index >= 15 is 0 Å². The molecule has 0 aromatic carbocycles. The van der Waals surface area contributed by atoms with Gasteiger partial charge in [0.25, 0.3) is 15.9 Å². The summed E-state index contributed by atoms with van der Waals surface area (Å²) in [6.07, 6.45) is 2.28. The van der Waals surface area contributed by atoms with Crippen LogP contribution in [0.4, 0.5) is 0 Å². The number of hydrogen-bond donors (Lipinski definition) is 1. The molecule has 130 valence electrons. The second kappa shape index (κ2) is 5.37. The summed E-state index contributed by atoms with van der Waals surface area (Å²) in [6.45, 7) is 4.67. The number of nitrogens with zero attached hydrogens (tertiary/aromatic N) is 2. The van der Waals surface area contributed by atoms with Gasteiger partial charge in [0.1, 0.15) is 15.6 Å². The Morgan fingerprint density at radius 2 is 2.25 bits per heavy atom. The number of hydrogen-bond acceptors (Lipinski definition) is 5. The van der Waals surface area contributed by atoms with Gasteiger partial charge in [-0.1, -0.05) is 6.92 Å². The lowest BCUT2D eigenvalue weighted by Gasteiger charge is -2.25. The van der Waals surface area contributed by atoms with Crippen molar-refractivity contribution in [3.63, 3.8) is 0 Å². The first-order chi connectivity index (χ1) is 11.4. The first kappa shape index (κ1) is 16.2. The molecule has 0 radical (unpaired) electrons. The molecule has 6 nitrogen and oxygen atoms in total. The molecule has 2 fully saturated rings. The molecule has 1 amide bonds. The molecule has 1 N–H and O–H groups in total. The van der Waals surface area contributed by atoms with Crippen LogP contribution in [0.2, 0.25) is 0 Å². The van der Waals surface area contributed by atoms with Gasteiger partial charge in [-0.2, -0.15) is 4.31 Å². The number of amidine groups is 1. The van der Waals surface area contributed by atoms with E-state index in [1.54, 1.807) is 4.31 Å². The molecular formula is C16H21N3O3S2. The number of amides is 1. The average Bonchev–Trinajstić information content (AvgIpc) is 3.26. The van der Waals surface area contributed by atoms with Crippen molar-refractivity contribution in [1.29, 1.82) is 0 Å². The van der Waals surface area contributed by atoms with Gasteiger partial charge in [0.2, 0.25) is 0 Å². The summed E-state index contributed by atoms with van der Waals surface area (Å²) < 4.78 is 27.9. The highest BCUT2D eigenvalue weighted by atomic mass is 32.2. The van der Waals surface area contributed by atoms with Gasteiger partial charge in [-0.15, -0.1) is 11.3 Å². The lowest BCUT2D eigenvalue weighted by molar-refractivity contribution is -0.124. The lowest BCUT2D eigenvalue weighted by atomic mass is 9.85. The lowest BCUT2D eigenvalue weighted by Crippen LogP contribution is -2.45. The standard InChI is InChI=1S/C16H21N3O3S2/c1-3-13-17-15(20)16(18-13)6-4-11-8-19(9-12(11)16)24(21,22)14-10(2)5-7-23-14/h5,7,11-12H,3-4,6,8-9H2,1-2H3,(H,17,18,20)/t11-,12+,16-/m1/s1. The Balaban J connectivity index is 1.65. The van der Waals surface area contributed by atoms with Crippen LogP contribution in [0.15, 0.2) is 20.6 Å². The van der Waals surface area contributed by atoms with Crippen molar-refractivity contribution < 1.29 is 13.2 Å². The van der Waals surface area contributed by atoms with Crippen molar-refractivity contribution in [2.75, 3.05) is 13.1 Å². The summed E-state index contributed by atoms with van der Waals surface area (Å²) in [5.41, 5.74) is 0.0433. The van der Waals surface area contributed by atoms with Crippen molar-refractivity contribution in [2.24, 2.45) is 16.8 Å². The molecule has 3 aliphatic rings. The summed E-state index contributed by atoms with van der Waals surface area (Å²) in [5.74, 6) is 0.886. The van der Waals surface area contributed by atoms with Crippen LogP contribution in [-0.2, 0) is 14.8 Å². The Hall–Kier alpha value is -1.25. The Morgan fingerprint density at radius 3 is 2.88 bits per heavy atom. The molecule has 1 aromatic heterocycles. The zero-order valence-electron chi connectivity index (χ0n) is 13.8. The van der Waals surface area contributed by atoms with Gasteiger partial charge < -0.3 is 5.32 Å². The summed E-state index contributed by atoms with van der Waals surface area (Å²) >= 11 is 1.26. The van der Waals surface area contributed by atoms with Crippen LogP contribution < -0.4 is 5.32 Å². The first-order valence-corrected chi connectivity index (χ1v) is 10.6. The zero-order valence-corrected chi connectivity index (χ0v) is 15.4. The fourth-order valence-corrected chi connectivity index (χ4v) is 7.41. The van der Waals surface area contributed by atoms with Crippen LogP contribution in [0.1, 0.15) is 31.7 Å². The van der Waals surface area contributed by atoms with Crippen LogP contribution >= 0.6 is 11.3 Å². The molecule has 2 aliphatic heterocycles. The minimum Gasteiger partial charge on any atom is -0.312 e. The topological polar surface area (TPSA) is 78.8 Å². The normalized spacial score (nSPS) is 33.1. The molecule has 1 aliphatic carbocycles. The molecule has 0 unspecified atom stereocenters. The highest BCUT2D eigenvalue weighted by Gasteiger charge is 2.60. The summed E-state index contributed by atoms with van der Waals surface area (Å²) in [7, 11) is -3.48. The molecule has 1 aromatic rings. The maximum atomic E-state index is 13.0. The molecule has 4 rings (SSSR count). The second-order valence-electron chi connectivity index (χ2n) is 6.91. The van der Waals surface area contributed by atoms with Crippen LogP contribution in [0, 0.1) is 18.8 Å². The Kier molecular flexibility index (Phi) is 3.63. The monoisotopic (exact) mass is 367 g/mol. The quantitative estimate of drug-likeness (QED) is 0.884. The number of sulfonamides is 1. The van der Waals surface area contributed by atoms with E-state index in [-0.39, 0.29) is 17.7 Å². The SMILES string of the molecule is CCC1=N[C@@]2(CC[C@@H]3CN(S(=O)(=O)c4sccc4C)C[C@@H]32)C(=O)N1. The van der Waals surface area contributed by atoms with Crippen LogP contribution in [0.3, 0.4) is 0 Å². The number of aliphatic imine (C=N–C) groups is 1. The minimum absolute atomic E-state index is 0.0170. The van der Waals surface area contributed by atoms with Crippen molar-refractivity contribution in [2.45, 2.75) is 42.9 Å². The Morgan fingerprint density at radius 1 is 1.46 bits per heavy atom. The van der Waals surface area contributed by atoms with Crippen LogP contribution in [0.25, 0.3) is 0 Å². The van der Waals surface area contributed by atoms with Gasteiger partial charge in [0.05, 0.1) is 0 Å². The zero-order chi connectivity index (χ0) is 17.1. The molecule has 1 spiro atoms. The number of thiophene rings is 1. The predicted molar refractivity (Wildman–Crippen MR) is 92.6 cm³/mol. The number of fused-ring (bicyclic) bond motifs is 2. The molecular weight excluding hydrogens is 346 g/mol. The minimum atomic E-state index is -3.48. The van der Waals surface area contributed by atoms with Gasteiger partial charge in [-0.25, -0.2) is 8.42 Å². The third-order valence-corrected chi connectivity index (χ3v) is 9.12. The Labute approximate surface area is 146 Å². The molecule has 8 heteroatoms. The van der Waals surface area contributed by atoms with E-state index in [2.05, 4.69) is 5.32 Å². The van der Waals surface area contributed by atoms with Crippen molar-refractivity contribution in [1.82, 2.24) is 9.62 Å². The highest BCUT2D eigenvalue weighted by molar-refractivity contribution is 7.91. The van der Waals surface area contributed by atoms with E-state index in [9.17, 15) is 13.2 Å². The maximum absolute atomic E-state index is 13.0. The number of carbonyl (C=O) groups is 1. The van der Waals surface area contributed by atoms with Gasteiger partial charge in [-0.05, 0) is 42.7 Å². The van der Waals surface area contributed by atoms with E-state index in [1.165, 1.54) is 11.3 Å².